The molecule has 3 N–H and O–H groups in total. The normalized spacial score (nSPS) is 12.0. The molecule has 2 aromatic carbocycles. The Labute approximate surface area is 161 Å². The minimum absolute atomic E-state index is 0.129. The van der Waals surface area contributed by atoms with Crippen LogP contribution in [0.4, 0.5) is 4.39 Å². The minimum atomic E-state index is -0.415. The van der Waals surface area contributed by atoms with Gasteiger partial charge in [-0.05, 0) is 31.5 Å². The molecule has 140 valence electrons. The van der Waals surface area contributed by atoms with E-state index in [0.29, 0.717) is 23.1 Å². The van der Waals surface area contributed by atoms with Crippen molar-refractivity contribution in [3.05, 3.63) is 65.5 Å². The Morgan fingerprint density at radius 3 is 2.70 bits per heavy atom. The molecule has 3 rings (SSSR count). The second-order valence-electron chi connectivity index (χ2n) is 6.15. The van der Waals surface area contributed by atoms with Crippen LogP contribution < -0.4 is 11.2 Å². The summed E-state index contributed by atoms with van der Waals surface area (Å²) in [6, 6.07) is 13.9. The van der Waals surface area contributed by atoms with Crippen LogP contribution in [0.25, 0.3) is 11.4 Å². The van der Waals surface area contributed by atoms with E-state index in [1.165, 1.54) is 34.1 Å². The van der Waals surface area contributed by atoms with Gasteiger partial charge < -0.3 is 11.2 Å². The molecular formula is C19H20FN5OS. The molecule has 1 aromatic heterocycles. The third-order valence-corrected chi connectivity index (χ3v) is 5.04. The monoisotopic (exact) mass is 385 g/mol. The number of halogens is 1. The molecular weight excluding hydrogens is 365 g/mol. The van der Waals surface area contributed by atoms with Crippen LogP contribution in [0.15, 0.2) is 53.7 Å². The van der Waals surface area contributed by atoms with Gasteiger partial charge in [-0.25, -0.2) is 9.07 Å². The van der Waals surface area contributed by atoms with Crippen LogP contribution >= 0.6 is 11.8 Å². The smallest absolute Gasteiger partial charge is 0.233 e. The highest BCUT2D eigenvalue weighted by molar-refractivity contribution is 8.00. The van der Waals surface area contributed by atoms with Crippen molar-refractivity contribution in [1.82, 2.24) is 20.2 Å². The van der Waals surface area contributed by atoms with Gasteiger partial charge in [0.05, 0.1) is 5.25 Å². The molecule has 27 heavy (non-hydrogen) atoms. The fourth-order valence-corrected chi connectivity index (χ4v) is 3.23. The maximum Gasteiger partial charge on any atom is 0.233 e. The zero-order chi connectivity index (χ0) is 19.4. The number of nitrogens with zero attached hydrogens (tertiary/aromatic N) is 3. The Morgan fingerprint density at radius 2 is 2.00 bits per heavy atom. The van der Waals surface area contributed by atoms with Gasteiger partial charge in [0.1, 0.15) is 5.82 Å². The van der Waals surface area contributed by atoms with Crippen LogP contribution in [0, 0.1) is 12.7 Å². The average Bonchev–Trinajstić information content (AvgIpc) is 3.01. The molecule has 0 aliphatic carbocycles. The molecule has 0 bridgehead atoms. The van der Waals surface area contributed by atoms with Crippen molar-refractivity contribution in [3.63, 3.8) is 0 Å². The number of hydrogen-bond acceptors (Lipinski definition) is 5. The molecule has 0 saturated heterocycles. The van der Waals surface area contributed by atoms with Crippen molar-refractivity contribution in [2.24, 2.45) is 0 Å². The molecule has 6 nitrogen and oxygen atoms in total. The van der Waals surface area contributed by atoms with Crippen molar-refractivity contribution < 1.29 is 9.18 Å². The highest BCUT2D eigenvalue weighted by Gasteiger charge is 2.20. The minimum Gasteiger partial charge on any atom is -0.351 e. The van der Waals surface area contributed by atoms with Crippen molar-refractivity contribution in [2.45, 2.75) is 30.8 Å². The standard InChI is InChI=1S/C19H20FN5OS/c1-12-6-8-14(9-7-12)11-22-18(26)13(2)27-19-24-23-17(25(19)21)15-4-3-5-16(20)10-15/h3-10,13H,11,21H2,1-2H3,(H,22,26)/t13-/m1/s1. The molecule has 8 heteroatoms. The van der Waals surface area contributed by atoms with Gasteiger partial charge in [0.25, 0.3) is 0 Å². The number of carbonyl (C=O) groups is 1. The summed E-state index contributed by atoms with van der Waals surface area (Å²) in [5, 5.41) is 10.9. The van der Waals surface area contributed by atoms with Crippen LogP contribution in [0.1, 0.15) is 18.1 Å². The van der Waals surface area contributed by atoms with E-state index < -0.39 is 5.25 Å². The van der Waals surface area contributed by atoms with Crippen LogP contribution in [-0.4, -0.2) is 26.0 Å². The molecule has 1 amide bonds. The lowest BCUT2D eigenvalue weighted by atomic mass is 10.1. The lowest BCUT2D eigenvalue weighted by molar-refractivity contribution is -0.120. The Balaban J connectivity index is 1.62. The van der Waals surface area contributed by atoms with Gasteiger partial charge in [-0.2, -0.15) is 0 Å². The summed E-state index contributed by atoms with van der Waals surface area (Å²) in [5.41, 5.74) is 2.72. The number of amides is 1. The van der Waals surface area contributed by atoms with Gasteiger partial charge in [0, 0.05) is 12.1 Å². The van der Waals surface area contributed by atoms with Crippen molar-refractivity contribution in [3.8, 4) is 11.4 Å². The molecule has 0 fully saturated rings. The molecule has 0 unspecified atom stereocenters. The van der Waals surface area contributed by atoms with E-state index in [1.807, 2.05) is 31.2 Å². The Morgan fingerprint density at radius 1 is 1.26 bits per heavy atom. The van der Waals surface area contributed by atoms with Gasteiger partial charge in [0.2, 0.25) is 11.1 Å². The Bertz CT molecular complexity index is 942. The van der Waals surface area contributed by atoms with E-state index in [2.05, 4.69) is 15.5 Å². The first-order valence-corrected chi connectivity index (χ1v) is 9.28. The van der Waals surface area contributed by atoms with Crippen LogP contribution in [-0.2, 0) is 11.3 Å². The fourth-order valence-electron chi connectivity index (χ4n) is 2.43. The highest BCUT2D eigenvalue weighted by atomic mass is 32.2. The van der Waals surface area contributed by atoms with Gasteiger partial charge in [-0.1, -0.05) is 53.7 Å². The zero-order valence-electron chi connectivity index (χ0n) is 15.0. The fraction of sp³-hybridized carbons (Fsp3) is 0.211. The summed E-state index contributed by atoms with van der Waals surface area (Å²) in [7, 11) is 0. The predicted molar refractivity (Wildman–Crippen MR) is 104 cm³/mol. The summed E-state index contributed by atoms with van der Waals surface area (Å²) in [6.45, 7) is 4.24. The number of hydrogen-bond donors (Lipinski definition) is 2. The lowest BCUT2D eigenvalue weighted by Gasteiger charge is -2.11. The number of aromatic nitrogens is 3. The topological polar surface area (TPSA) is 85.8 Å². The molecule has 0 aliphatic rings. The molecule has 3 aromatic rings. The second kappa shape index (κ2) is 8.22. The van der Waals surface area contributed by atoms with Crippen molar-refractivity contribution in [2.75, 3.05) is 5.84 Å². The average molecular weight is 385 g/mol. The Kier molecular flexibility index (Phi) is 5.75. The van der Waals surface area contributed by atoms with Gasteiger partial charge >= 0.3 is 0 Å². The Hall–Kier alpha value is -2.87. The molecule has 0 spiro atoms. The van der Waals surface area contributed by atoms with Crippen molar-refractivity contribution >= 4 is 17.7 Å². The van der Waals surface area contributed by atoms with E-state index in [-0.39, 0.29) is 11.7 Å². The molecule has 0 aliphatic heterocycles. The molecule has 0 radical (unpaired) electrons. The van der Waals surface area contributed by atoms with Crippen molar-refractivity contribution in [1.29, 1.82) is 0 Å². The zero-order valence-corrected chi connectivity index (χ0v) is 15.8. The molecule has 0 saturated carbocycles. The largest absolute Gasteiger partial charge is 0.351 e. The molecule has 1 atom stereocenters. The summed E-state index contributed by atoms with van der Waals surface area (Å²) in [6.07, 6.45) is 0. The van der Waals surface area contributed by atoms with Crippen LogP contribution in [0.2, 0.25) is 0 Å². The van der Waals surface area contributed by atoms with E-state index in [1.54, 1.807) is 19.1 Å². The van der Waals surface area contributed by atoms with Gasteiger partial charge in [-0.3, -0.25) is 4.79 Å². The van der Waals surface area contributed by atoms with E-state index >= 15 is 0 Å². The number of benzene rings is 2. The summed E-state index contributed by atoms with van der Waals surface area (Å²) in [5.74, 6) is 5.86. The second-order valence-corrected chi connectivity index (χ2v) is 7.46. The number of rotatable bonds is 6. The van der Waals surface area contributed by atoms with Crippen LogP contribution in [0.3, 0.4) is 0 Å². The van der Waals surface area contributed by atoms with Gasteiger partial charge in [-0.15, -0.1) is 10.2 Å². The van der Waals surface area contributed by atoms with E-state index in [0.717, 1.165) is 5.56 Å². The number of nitrogens with two attached hydrogens (primary N) is 1. The first-order valence-electron chi connectivity index (χ1n) is 8.40. The predicted octanol–water partition coefficient (Wildman–Crippen LogP) is 2.90. The van der Waals surface area contributed by atoms with E-state index in [9.17, 15) is 9.18 Å². The van der Waals surface area contributed by atoms with E-state index in [4.69, 9.17) is 5.84 Å². The summed E-state index contributed by atoms with van der Waals surface area (Å²) in [4.78, 5) is 12.3. The maximum atomic E-state index is 13.4. The number of carbonyl (C=O) groups excluding carboxylic acids is 1. The quantitative estimate of drug-likeness (QED) is 0.503. The number of nitrogen functional groups attached to an aromatic ring is 1. The number of nitrogens with one attached hydrogen (secondary N) is 1. The lowest BCUT2D eigenvalue weighted by Crippen LogP contribution is -2.30. The first kappa shape index (κ1) is 18.9. The summed E-state index contributed by atoms with van der Waals surface area (Å²) >= 11 is 1.19. The summed E-state index contributed by atoms with van der Waals surface area (Å²) < 4.78 is 14.7. The number of aryl methyl sites for hydroxylation is 1. The first-order chi connectivity index (χ1) is 12.9. The maximum absolute atomic E-state index is 13.4. The third-order valence-electron chi connectivity index (χ3n) is 3.99. The molecule has 1 heterocycles. The van der Waals surface area contributed by atoms with Gasteiger partial charge in [0.15, 0.2) is 5.82 Å². The SMILES string of the molecule is Cc1ccc(CNC(=O)[C@@H](C)Sc2nnc(-c3cccc(F)c3)n2N)cc1. The third kappa shape index (κ3) is 4.65. The highest BCUT2D eigenvalue weighted by Crippen LogP contribution is 2.25. The van der Waals surface area contributed by atoms with Crippen LogP contribution in [0.5, 0.6) is 0 Å². The number of thioether (sulfide) groups is 1.